The summed E-state index contributed by atoms with van der Waals surface area (Å²) in [7, 11) is 0. The molecule has 0 saturated carbocycles. The minimum Gasteiger partial charge on any atom is -0.396 e. The Morgan fingerprint density at radius 1 is 1.67 bits per heavy atom. The number of hydrogen-bond donors (Lipinski definition) is 0. The zero-order chi connectivity index (χ0) is 8.65. The summed E-state index contributed by atoms with van der Waals surface area (Å²) in [6.45, 7) is 2.72. The van der Waals surface area contributed by atoms with Crippen molar-refractivity contribution in [3.05, 3.63) is 35.9 Å². The van der Waals surface area contributed by atoms with Crippen molar-refractivity contribution < 1.29 is 4.84 Å². The van der Waals surface area contributed by atoms with E-state index in [9.17, 15) is 0 Å². The second kappa shape index (κ2) is 5.35. The molecule has 1 rings (SSSR count). The third kappa shape index (κ3) is 3.19. The van der Waals surface area contributed by atoms with E-state index in [1.165, 1.54) is 0 Å². The Hall–Kier alpha value is -1.31. The highest BCUT2D eigenvalue weighted by Gasteiger charge is 1.83. The Balaban J connectivity index is 2.36. The van der Waals surface area contributed by atoms with E-state index >= 15 is 0 Å². The first-order chi connectivity index (χ1) is 5.93. The minimum atomic E-state index is 0.674. The lowest BCUT2D eigenvalue weighted by Gasteiger charge is -1.93. The van der Waals surface area contributed by atoms with Crippen molar-refractivity contribution in [1.29, 1.82) is 0 Å². The highest BCUT2D eigenvalue weighted by molar-refractivity contribution is 5.78. The first kappa shape index (κ1) is 8.78. The van der Waals surface area contributed by atoms with Crippen LogP contribution in [0.3, 0.4) is 0 Å². The summed E-state index contributed by atoms with van der Waals surface area (Å²) in [5.41, 5.74) is 1.01. The van der Waals surface area contributed by atoms with Gasteiger partial charge < -0.3 is 4.84 Å². The van der Waals surface area contributed by atoms with Gasteiger partial charge in [-0.2, -0.15) is 0 Å². The van der Waals surface area contributed by atoms with E-state index in [2.05, 4.69) is 11.2 Å². The van der Waals surface area contributed by atoms with Crippen LogP contribution in [0.2, 0.25) is 0 Å². The second-order valence-electron chi connectivity index (χ2n) is 2.40. The highest BCUT2D eigenvalue weighted by Crippen LogP contribution is 1.93. The average Bonchev–Trinajstić information content (AvgIpc) is 2.14. The molecule has 0 unspecified atom stereocenters. The second-order valence-corrected chi connectivity index (χ2v) is 2.40. The van der Waals surface area contributed by atoms with Crippen molar-refractivity contribution in [2.24, 2.45) is 5.16 Å². The molecule has 0 fully saturated rings. The summed E-state index contributed by atoms with van der Waals surface area (Å²) in [5.74, 6) is 0. The van der Waals surface area contributed by atoms with Crippen LogP contribution in [0.5, 0.6) is 0 Å². The standard InChI is InChI=1S/C10H12NO/c1-2-8-12-11-9-10-6-4-3-5-7-10/h3-4,6-7,9H,2,8H2,1H3. The largest absolute Gasteiger partial charge is 0.396 e. The van der Waals surface area contributed by atoms with Gasteiger partial charge in [0, 0.05) is 0 Å². The monoisotopic (exact) mass is 162 g/mol. The van der Waals surface area contributed by atoms with E-state index in [0.29, 0.717) is 6.61 Å². The molecule has 0 aliphatic carbocycles. The summed E-state index contributed by atoms with van der Waals surface area (Å²) in [6, 6.07) is 10.5. The molecule has 0 amide bonds. The van der Waals surface area contributed by atoms with Crippen molar-refractivity contribution in [2.75, 3.05) is 6.61 Å². The van der Waals surface area contributed by atoms with Gasteiger partial charge in [0.1, 0.15) is 6.61 Å². The molecule has 0 heterocycles. The maximum atomic E-state index is 4.94. The van der Waals surface area contributed by atoms with Crippen molar-refractivity contribution in [3.8, 4) is 0 Å². The van der Waals surface area contributed by atoms with E-state index in [4.69, 9.17) is 4.84 Å². The van der Waals surface area contributed by atoms with E-state index in [0.717, 1.165) is 12.0 Å². The zero-order valence-electron chi connectivity index (χ0n) is 7.16. The molecule has 2 nitrogen and oxygen atoms in total. The van der Waals surface area contributed by atoms with Crippen molar-refractivity contribution >= 4 is 6.21 Å². The summed E-state index contributed by atoms with van der Waals surface area (Å²) in [4.78, 5) is 4.94. The van der Waals surface area contributed by atoms with Gasteiger partial charge in [-0.15, -0.1) is 0 Å². The van der Waals surface area contributed by atoms with Crippen molar-refractivity contribution in [3.63, 3.8) is 0 Å². The molecular weight excluding hydrogens is 150 g/mol. The summed E-state index contributed by atoms with van der Waals surface area (Å²) >= 11 is 0. The van der Waals surface area contributed by atoms with Gasteiger partial charge in [-0.25, -0.2) is 0 Å². The van der Waals surface area contributed by atoms with E-state index in [1.54, 1.807) is 6.21 Å². The Labute approximate surface area is 72.9 Å². The van der Waals surface area contributed by atoms with Gasteiger partial charge in [0.2, 0.25) is 0 Å². The fourth-order valence-electron chi connectivity index (χ4n) is 0.730. The smallest absolute Gasteiger partial charge is 0.116 e. The summed E-state index contributed by atoms with van der Waals surface area (Å²) < 4.78 is 0. The Morgan fingerprint density at radius 2 is 2.58 bits per heavy atom. The molecule has 1 aromatic carbocycles. The lowest BCUT2D eigenvalue weighted by Crippen LogP contribution is -1.85. The fraction of sp³-hybridized carbons (Fsp3) is 0.300. The van der Waals surface area contributed by atoms with Crippen LogP contribution in [0.15, 0.2) is 29.4 Å². The van der Waals surface area contributed by atoms with E-state index in [1.807, 2.05) is 31.2 Å². The minimum absolute atomic E-state index is 0.674. The van der Waals surface area contributed by atoms with Crippen LogP contribution in [0.25, 0.3) is 0 Å². The van der Waals surface area contributed by atoms with Crippen LogP contribution in [0.1, 0.15) is 18.9 Å². The van der Waals surface area contributed by atoms with Gasteiger partial charge >= 0.3 is 0 Å². The number of nitrogens with zero attached hydrogens (tertiary/aromatic N) is 1. The first-order valence-corrected chi connectivity index (χ1v) is 4.05. The highest BCUT2D eigenvalue weighted by atomic mass is 16.6. The molecule has 1 radical (unpaired) electrons. The summed E-state index contributed by atoms with van der Waals surface area (Å²) in [5, 5.41) is 3.79. The lowest BCUT2D eigenvalue weighted by molar-refractivity contribution is 0.146. The number of benzene rings is 1. The first-order valence-electron chi connectivity index (χ1n) is 4.05. The van der Waals surface area contributed by atoms with Crippen LogP contribution in [0.4, 0.5) is 0 Å². The molecule has 0 aliphatic heterocycles. The third-order valence-corrected chi connectivity index (χ3v) is 1.30. The van der Waals surface area contributed by atoms with Crippen LogP contribution in [-0.2, 0) is 4.84 Å². The predicted molar refractivity (Wildman–Crippen MR) is 49.1 cm³/mol. The Morgan fingerprint density at radius 3 is 3.25 bits per heavy atom. The molecule has 0 bridgehead atoms. The van der Waals surface area contributed by atoms with Gasteiger partial charge in [0.05, 0.1) is 6.21 Å². The predicted octanol–water partition coefficient (Wildman–Crippen LogP) is 2.25. The van der Waals surface area contributed by atoms with Gasteiger partial charge in [-0.1, -0.05) is 30.3 Å². The van der Waals surface area contributed by atoms with Gasteiger partial charge in [-0.05, 0) is 24.1 Å². The molecule has 1 aromatic rings. The van der Waals surface area contributed by atoms with Crippen molar-refractivity contribution in [1.82, 2.24) is 0 Å². The molecule has 0 aromatic heterocycles. The fourth-order valence-corrected chi connectivity index (χ4v) is 0.730. The van der Waals surface area contributed by atoms with Gasteiger partial charge in [0.15, 0.2) is 0 Å². The molecular formula is C10H12NO. The number of hydrogen-bond acceptors (Lipinski definition) is 2. The van der Waals surface area contributed by atoms with Crippen LogP contribution >= 0.6 is 0 Å². The maximum Gasteiger partial charge on any atom is 0.116 e. The number of rotatable bonds is 4. The topological polar surface area (TPSA) is 21.6 Å². The average molecular weight is 162 g/mol. The molecule has 0 N–H and O–H groups in total. The quantitative estimate of drug-likeness (QED) is 0.378. The van der Waals surface area contributed by atoms with E-state index in [-0.39, 0.29) is 0 Å². The molecule has 12 heavy (non-hydrogen) atoms. The third-order valence-electron chi connectivity index (χ3n) is 1.30. The molecule has 0 saturated heterocycles. The molecule has 0 atom stereocenters. The van der Waals surface area contributed by atoms with Crippen molar-refractivity contribution in [2.45, 2.75) is 13.3 Å². The molecule has 0 spiro atoms. The number of oxime groups is 1. The zero-order valence-corrected chi connectivity index (χ0v) is 7.16. The lowest BCUT2D eigenvalue weighted by atomic mass is 10.2. The van der Waals surface area contributed by atoms with Crippen LogP contribution in [0, 0.1) is 6.07 Å². The molecule has 0 aliphatic rings. The van der Waals surface area contributed by atoms with E-state index < -0.39 is 0 Å². The maximum absolute atomic E-state index is 4.94. The van der Waals surface area contributed by atoms with Crippen LogP contribution < -0.4 is 0 Å². The van der Waals surface area contributed by atoms with Gasteiger partial charge in [-0.3, -0.25) is 0 Å². The van der Waals surface area contributed by atoms with Crippen LogP contribution in [-0.4, -0.2) is 12.8 Å². The SMILES string of the molecule is CCCON=Cc1c[c]ccc1. The summed E-state index contributed by atoms with van der Waals surface area (Å²) in [6.07, 6.45) is 2.67. The normalized spacial score (nSPS) is 10.4. The van der Waals surface area contributed by atoms with Gasteiger partial charge in [0.25, 0.3) is 0 Å². The molecule has 63 valence electrons. The molecule has 2 heteroatoms. The Kier molecular flexibility index (Phi) is 3.92. The Bertz CT molecular complexity index is 231.